The van der Waals surface area contributed by atoms with Gasteiger partial charge in [-0.3, -0.25) is 4.79 Å². The van der Waals surface area contributed by atoms with Crippen LogP contribution in [0.2, 0.25) is 10.0 Å². The van der Waals surface area contributed by atoms with Crippen molar-refractivity contribution in [3.8, 4) is 11.1 Å². The van der Waals surface area contributed by atoms with Crippen LogP contribution in [0.1, 0.15) is 48.1 Å². The first kappa shape index (κ1) is 26.5. The molecule has 4 rings (SSSR count). The van der Waals surface area contributed by atoms with Crippen molar-refractivity contribution in [1.82, 2.24) is 9.88 Å². The number of pyridine rings is 1. The quantitative estimate of drug-likeness (QED) is 0.340. The van der Waals surface area contributed by atoms with Gasteiger partial charge in [-0.15, -0.1) is 0 Å². The molecular formula is C27H26BrCl2N3O3. The van der Waals surface area contributed by atoms with E-state index in [1.54, 1.807) is 23.1 Å². The summed E-state index contributed by atoms with van der Waals surface area (Å²) in [5.74, 6) is -0.394. The third-order valence-electron chi connectivity index (χ3n) is 5.78. The molecule has 0 atom stereocenters. The molecule has 1 aliphatic rings. The molecule has 1 aliphatic heterocycles. The van der Waals surface area contributed by atoms with Crippen molar-refractivity contribution in [2.24, 2.45) is 0 Å². The van der Waals surface area contributed by atoms with E-state index in [9.17, 15) is 9.59 Å². The monoisotopic (exact) mass is 589 g/mol. The van der Waals surface area contributed by atoms with Crippen LogP contribution in [0.5, 0.6) is 0 Å². The van der Waals surface area contributed by atoms with Crippen LogP contribution in [0.4, 0.5) is 10.5 Å². The molecule has 2 amide bonds. The van der Waals surface area contributed by atoms with Gasteiger partial charge in [0, 0.05) is 22.1 Å². The number of aromatic nitrogens is 1. The van der Waals surface area contributed by atoms with E-state index in [1.807, 2.05) is 52.0 Å². The van der Waals surface area contributed by atoms with E-state index < -0.39 is 17.6 Å². The van der Waals surface area contributed by atoms with E-state index in [0.717, 1.165) is 21.2 Å². The van der Waals surface area contributed by atoms with Gasteiger partial charge >= 0.3 is 6.09 Å². The third-order valence-corrected chi connectivity index (χ3v) is 7.48. The number of anilines is 1. The molecule has 0 spiro atoms. The molecule has 3 aromatic rings. The molecule has 1 N–H and O–H groups in total. The number of carbonyl (C=O) groups is 2. The molecule has 0 saturated heterocycles. The fraction of sp³-hybridized carbons (Fsp3) is 0.296. The number of aryl methyl sites for hydroxylation is 1. The Morgan fingerprint density at radius 2 is 1.75 bits per heavy atom. The lowest BCUT2D eigenvalue weighted by Gasteiger charge is -2.31. The molecule has 0 radical (unpaired) electrons. The summed E-state index contributed by atoms with van der Waals surface area (Å²) in [4.78, 5) is 32.0. The summed E-state index contributed by atoms with van der Waals surface area (Å²) in [5, 5.41) is 3.78. The van der Waals surface area contributed by atoms with Crippen molar-refractivity contribution in [3.63, 3.8) is 0 Å². The average molecular weight is 591 g/mol. The van der Waals surface area contributed by atoms with Gasteiger partial charge in [0.15, 0.2) is 0 Å². The predicted octanol–water partition coefficient (Wildman–Crippen LogP) is 7.67. The van der Waals surface area contributed by atoms with E-state index in [4.69, 9.17) is 27.9 Å². The first-order chi connectivity index (χ1) is 16.9. The summed E-state index contributed by atoms with van der Waals surface area (Å²) < 4.78 is 6.26. The number of halogens is 3. The summed E-state index contributed by atoms with van der Waals surface area (Å²) in [6, 6.07) is 12.7. The number of nitrogens with one attached hydrogen (secondary N) is 1. The molecule has 2 aromatic carbocycles. The number of nitrogens with zero attached hydrogens (tertiary/aromatic N) is 2. The molecule has 0 aliphatic carbocycles. The topological polar surface area (TPSA) is 71.5 Å². The molecule has 0 fully saturated rings. The van der Waals surface area contributed by atoms with Gasteiger partial charge in [-0.1, -0.05) is 47.5 Å². The highest BCUT2D eigenvalue weighted by atomic mass is 79.9. The largest absolute Gasteiger partial charge is 0.444 e. The number of carbonyl (C=O) groups excluding carboxylic acids is 2. The molecule has 188 valence electrons. The molecule has 36 heavy (non-hydrogen) atoms. The van der Waals surface area contributed by atoms with Crippen molar-refractivity contribution in [3.05, 3.63) is 79.5 Å². The molecule has 0 bridgehead atoms. The molecule has 0 saturated carbocycles. The zero-order chi connectivity index (χ0) is 26.2. The SMILES string of the molecule is Cc1cc(C(=O)Nc2cccc(-c3cccc(Br)c3Cl)c2Cl)nc2c1CCN(C(=O)OC(C)(C)C)C2. The average Bonchev–Trinajstić information content (AvgIpc) is 2.81. The molecular weight excluding hydrogens is 565 g/mol. The molecule has 6 nitrogen and oxygen atoms in total. The van der Waals surface area contributed by atoms with Crippen LogP contribution >= 0.6 is 39.1 Å². The minimum Gasteiger partial charge on any atom is -0.444 e. The van der Waals surface area contributed by atoms with Gasteiger partial charge in [-0.05, 0) is 79.4 Å². The van der Waals surface area contributed by atoms with Crippen LogP contribution in [0.15, 0.2) is 46.9 Å². The first-order valence-corrected chi connectivity index (χ1v) is 13.0. The molecule has 1 aromatic heterocycles. The number of benzene rings is 2. The van der Waals surface area contributed by atoms with E-state index in [2.05, 4.69) is 26.2 Å². The Morgan fingerprint density at radius 3 is 2.44 bits per heavy atom. The zero-order valence-corrected chi connectivity index (χ0v) is 23.5. The van der Waals surface area contributed by atoms with Gasteiger partial charge in [0.25, 0.3) is 5.91 Å². The second-order valence-electron chi connectivity index (χ2n) is 9.62. The second kappa shape index (κ2) is 10.4. The highest BCUT2D eigenvalue weighted by molar-refractivity contribution is 9.10. The van der Waals surface area contributed by atoms with Gasteiger partial charge in [0.1, 0.15) is 11.3 Å². The second-order valence-corrected chi connectivity index (χ2v) is 11.2. The van der Waals surface area contributed by atoms with E-state index in [0.29, 0.717) is 40.0 Å². The minimum atomic E-state index is -0.587. The fourth-order valence-corrected chi connectivity index (χ4v) is 4.95. The smallest absolute Gasteiger partial charge is 0.410 e. The highest BCUT2D eigenvalue weighted by Gasteiger charge is 2.28. The Hall–Kier alpha value is -2.61. The van der Waals surface area contributed by atoms with Crippen molar-refractivity contribution in [1.29, 1.82) is 0 Å². The van der Waals surface area contributed by atoms with Gasteiger partial charge in [-0.25, -0.2) is 9.78 Å². The lowest BCUT2D eigenvalue weighted by molar-refractivity contribution is 0.0220. The van der Waals surface area contributed by atoms with E-state index in [-0.39, 0.29) is 12.2 Å². The van der Waals surface area contributed by atoms with Crippen molar-refractivity contribution >= 4 is 56.8 Å². The standard InChI is InChI=1S/C27H26BrCl2N3O3/c1-15-13-21(31-22-14-33(12-11-16(15)22)26(35)36-27(2,3)4)25(34)32-20-10-6-8-18(24(20)30)17-7-5-9-19(28)23(17)29/h5-10,13H,11-12,14H2,1-4H3,(H,32,34). The number of fused-ring (bicyclic) bond motifs is 1. The normalized spacial score (nSPS) is 13.2. The minimum absolute atomic E-state index is 0.249. The third kappa shape index (κ3) is 5.69. The maximum atomic E-state index is 13.2. The van der Waals surface area contributed by atoms with Crippen LogP contribution in [0.3, 0.4) is 0 Å². The predicted molar refractivity (Wildman–Crippen MR) is 147 cm³/mol. The lowest BCUT2D eigenvalue weighted by Crippen LogP contribution is -2.40. The number of hydrogen-bond donors (Lipinski definition) is 1. The summed E-state index contributed by atoms with van der Waals surface area (Å²) in [6.45, 7) is 8.26. The van der Waals surface area contributed by atoms with Crippen molar-refractivity contribution in [2.75, 3.05) is 11.9 Å². The van der Waals surface area contributed by atoms with Gasteiger partial charge < -0.3 is 15.0 Å². The van der Waals surface area contributed by atoms with Gasteiger partial charge in [0.2, 0.25) is 0 Å². The van der Waals surface area contributed by atoms with Crippen LogP contribution in [-0.2, 0) is 17.7 Å². The van der Waals surface area contributed by atoms with Crippen LogP contribution < -0.4 is 5.32 Å². The Bertz CT molecular complexity index is 1350. The van der Waals surface area contributed by atoms with Crippen molar-refractivity contribution in [2.45, 2.75) is 46.3 Å². The maximum absolute atomic E-state index is 13.2. The number of amides is 2. The Labute approximate surface area is 229 Å². The van der Waals surface area contributed by atoms with Gasteiger partial charge in [0.05, 0.1) is 28.0 Å². The van der Waals surface area contributed by atoms with Crippen LogP contribution in [0, 0.1) is 6.92 Å². The van der Waals surface area contributed by atoms with Crippen LogP contribution in [-0.4, -0.2) is 34.0 Å². The van der Waals surface area contributed by atoms with Gasteiger partial charge in [-0.2, -0.15) is 0 Å². The van der Waals surface area contributed by atoms with E-state index in [1.165, 1.54) is 0 Å². The summed E-state index contributed by atoms with van der Waals surface area (Å²) in [7, 11) is 0. The first-order valence-electron chi connectivity index (χ1n) is 11.5. The Morgan fingerprint density at radius 1 is 1.08 bits per heavy atom. The number of ether oxygens (including phenoxy) is 1. The molecule has 9 heteroatoms. The van der Waals surface area contributed by atoms with Crippen molar-refractivity contribution < 1.29 is 14.3 Å². The molecule has 2 heterocycles. The van der Waals surface area contributed by atoms with E-state index >= 15 is 0 Å². The zero-order valence-electron chi connectivity index (χ0n) is 20.4. The number of hydrogen-bond acceptors (Lipinski definition) is 4. The summed E-state index contributed by atoms with van der Waals surface area (Å²) in [5.41, 5.74) is 4.25. The summed E-state index contributed by atoms with van der Waals surface area (Å²) in [6.07, 6.45) is 0.258. The highest BCUT2D eigenvalue weighted by Crippen LogP contribution is 2.40. The Kier molecular flexibility index (Phi) is 7.64. The molecule has 0 unspecified atom stereocenters. The van der Waals surface area contributed by atoms with Crippen LogP contribution in [0.25, 0.3) is 11.1 Å². The lowest BCUT2D eigenvalue weighted by atomic mass is 9.99. The fourth-order valence-electron chi connectivity index (χ4n) is 4.08. The number of rotatable bonds is 3. The maximum Gasteiger partial charge on any atom is 0.410 e. The summed E-state index contributed by atoms with van der Waals surface area (Å²) >= 11 is 16.6. The Balaban J connectivity index is 1.59.